The Bertz CT molecular complexity index is 1410. The number of ether oxygens (including phenoxy) is 2. The second-order valence-electron chi connectivity index (χ2n) is 10.3. The number of nitrogens with zero attached hydrogens (tertiary/aromatic N) is 4. The Labute approximate surface area is 232 Å². The molecule has 0 unspecified atom stereocenters. The van der Waals surface area contributed by atoms with E-state index in [2.05, 4.69) is 15.3 Å². The molecule has 1 saturated heterocycles. The zero-order chi connectivity index (χ0) is 27.5. The lowest BCUT2D eigenvalue weighted by molar-refractivity contribution is -0.124. The van der Waals surface area contributed by atoms with Crippen molar-refractivity contribution in [3.63, 3.8) is 0 Å². The SMILES string of the molecule is O=C1NCCCN(C(=O)c2cnccn2)CCOc2cccc(c2)[C@H]2CN(C(=O)c3cccc4c3COC4)C[C@H]12. The first-order valence-corrected chi connectivity index (χ1v) is 13.6. The van der Waals surface area contributed by atoms with Crippen LogP contribution < -0.4 is 10.1 Å². The van der Waals surface area contributed by atoms with Gasteiger partial charge in [-0.2, -0.15) is 0 Å². The Balaban J connectivity index is 1.23. The van der Waals surface area contributed by atoms with Crippen LogP contribution in [0, 0.1) is 5.92 Å². The second kappa shape index (κ2) is 11.4. The molecule has 2 atom stereocenters. The van der Waals surface area contributed by atoms with Crippen molar-refractivity contribution in [1.29, 1.82) is 0 Å². The lowest BCUT2D eigenvalue weighted by Crippen LogP contribution is -2.39. The molecule has 3 aliphatic heterocycles. The van der Waals surface area contributed by atoms with Crippen molar-refractivity contribution >= 4 is 17.7 Å². The number of carbonyl (C=O) groups excluding carboxylic acids is 3. The van der Waals surface area contributed by atoms with E-state index < -0.39 is 5.92 Å². The van der Waals surface area contributed by atoms with Crippen LogP contribution in [0.2, 0.25) is 0 Å². The summed E-state index contributed by atoms with van der Waals surface area (Å²) in [6, 6.07) is 13.4. The zero-order valence-electron chi connectivity index (χ0n) is 22.1. The molecule has 1 N–H and O–H groups in total. The van der Waals surface area contributed by atoms with Crippen molar-refractivity contribution in [3.05, 3.63) is 89.0 Å². The second-order valence-corrected chi connectivity index (χ2v) is 10.3. The predicted octanol–water partition coefficient (Wildman–Crippen LogP) is 2.40. The van der Waals surface area contributed by atoms with Crippen molar-refractivity contribution in [2.45, 2.75) is 25.6 Å². The maximum absolute atomic E-state index is 13.7. The Kier molecular flexibility index (Phi) is 7.41. The Morgan fingerprint density at radius 1 is 0.950 bits per heavy atom. The van der Waals surface area contributed by atoms with E-state index in [9.17, 15) is 14.4 Å². The molecular formula is C30H31N5O5. The third-order valence-corrected chi connectivity index (χ3v) is 7.84. The van der Waals surface area contributed by atoms with Crippen LogP contribution in [0.1, 0.15) is 49.9 Å². The summed E-state index contributed by atoms with van der Waals surface area (Å²) in [4.78, 5) is 51.8. The van der Waals surface area contributed by atoms with E-state index in [0.29, 0.717) is 70.3 Å². The maximum atomic E-state index is 13.7. The quantitative estimate of drug-likeness (QED) is 0.530. The predicted molar refractivity (Wildman–Crippen MR) is 145 cm³/mol. The minimum atomic E-state index is -0.410. The number of fused-ring (bicyclic) bond motifs is 5. The first kappa shape index (κ1) is 25.9. The number of nitrogens with one attached hydrogen (secondary N) is 1. The highest BCUT2D eigenvalue weighted by Crippen LogP contribution is 2.36. The number of amides is 3. The summed E-state index contributed by atoms with van der Waals surface area (Å²) in [5, 5.41) is 3.06. The molecule has 3 amide bonds. The van der Waals surface area contributed by atoms with Gasteiger partial charge in [0.1, 0.15) is 18.1 Å². The Morgan fingerprint density at radius 3 is 2.70 bits per heavy atom. The van der Waals surface area contributed by atoms with Gasteiger partial charge in [0.2, 0.25) is 5.91 Å². The van der Waals surface area contributed by atoms with Crippen LogP contribution in [0.5, 0.6) is 5.75 Å². The van der Waals surface area contributed by atoms with Gasteiger partial charge >= 0.3 is 0 Å². The molecule has 2 bridgehead atoms. The number of hydrogen-bond donors (Lipinski definition) is 1. The number of benzene rings is 2. The molecule has 10 nitrogen and oxygen atoms in total. The molecule has 0 spiro atoms. The summed E-state index contributed by atoms with van der Waals surface area (Å²) in [5.74, 6) is -0.330. The lowest BCUT2D eigenvalue weighted by atomic mass is 9.88. The van der Waals surface area contributed by atoms with Gasteiger partial charge in [-0.25, -0.2) is 4.98 Å². The van der Waals surface area contributed by atoms with Gasteiger partial charge in [0.25, 0.3) is 11.8 Å². The molecule has 0 saturated carbocycles. The average Bonchev–Trinajstić information content (AvgIpc) is 3.66. The van der Waals surface area contributed by atoms with E-state index in [4.69, 9.17) is 9.47 Å². The molecular weight excluding hydrogens is 510 g/mol. The van der Waals surface area contributed by atoms with Crippen LogP contribution in [0.25, 0.3) is 0 Å². The lowest BCUT2D eigenvalue weighted by Gasteiger charge is -2.24. The summed E-state index contributed by atoms with van der Waals surface area (Å²) >= 11 is 0. The van der Waals surface area contributed by atoms with E-state index in [-0.39, 0.29) is 29.3 Å². The van der Waals surface area contributed by atoms with Crippen molar-refractivity contribution < 1.29 is 23.9 Å². The molecule has 206 valence electrons. The van der Waals surface area contributed by atoms with Gasteiger partial charge in [0.15, 0.2) is 0 Å². The molecule has 2 aromatic carbocycles. The van der Waals surface area contributed by atoms with E-state index in [1.165, 1.54) is 18.6 Å². The highest BCUT2D eigenvalue weighted by molar-refractivity contribution is 5.97. The van der Waals surface area contributed by atoms with Crippen LogP contribution in [0.3, 0.4) is 0 Å². The number of rotatable bonds is 2. The molecule has 0 aliphatic carbocycles. The fourth-order valence-electron chi connectivity index (χ4n) is 5.75. The molecule has 0 radical (unpaired) electrons. The van der Waals surface area contributed by atoms with Gasteiger partial charge < -0.3 is 24.6 Å². The minimum absolute atomic E-state index is 0.0777. The van der Waals surface area contributed by atoms with Gasteiger partial charge in [-0.05, 0) is 41.3 Å². The fourth-order valence-corrected chi connectivity index (χ4v) is 5.75. The highest BCUT2D eigenvalue weighted by Gasteiger charge is 2.41. The van der Waals surface area contributed by atoms with Gasteiger partial charge in [-0.3, -0.25) is 19.4 Å². The molecule has 1 fully saturated rings. The summed E-state index contributed by atoms with van der Waals surface area (Å²) in [6.07, 6.45) is 5.03. The monoisotopic (exact) mass is 541 g/mol. The van der Waals surface area contributed by atoms with Crippen LogP contribution in [-0.2, 0) is 22.7 Å². The van der Waals surface area contributed by atoms with Crippen molar-refractivity contribution in [2.24, 2.45) is 5.92 Å². The molecule has 10 heteroatoms. The number of likely N-dealkylation sites (tertiary alicyclic amines) is 1. The number of aromatic nitrogens is 2. The standard InChI is InChI=1S/C30H31N5O5/c36-28-25-17-35(29(37)23-7-2-5-21-18-39-19-26(21)23)16-24(25)20-4-1-6-22(14-20)40-13-12-34(11-3-8-33-28)30(38)27-15-31-9-10-32-27/h1-2,4-7,9-10,14-15,24-25H,3,8,11-13,16-19H2,(H,33,36)/t24-,25+/m1/s1. The van der Waals surface area contributed by atoms with Crippen molar-refractivity contribution in [3.8, 4) is 5.75 Å². The van der Waals surface area contributed by atoms with Crippen molar-refractivity contribution in [2.75, 3.05) is 39.3 Å². The summed E-state index contributed by atoms with van der Waals surface area (Å²) in [7, 11) is 0. The Hall–Kier alpha value is -4.31. The minimum Gasteiger partial charge on any atom is -0.492 e. The fraction of sp³-hybridized carbons (Fsp3) is 0.367. The summed E-state index contributed by atoms with van der Waals surface area (Å²) in [5.41, 5.74) is 3.83. The third-order valence-electron chi connectivity index (χ3n) is 7.84. The van der Waals surface area contributed by atoms with Crippen LogP contribution in [0.15, 0.2) is 61.1 Å². The molecule has 6 rings (SSSR count). The zero-order valence-corrected chi connectivity index (χ0v) is 22.1. The molecule has 4 heterocycles. The van der Waals surface area contributed by atoms with Crippen LogP contribution in [-0.4, -0.2) is 76.8 Å². The molecule has 40 heavy (non-hydrogen) atoms. The maximum Gasteiger partial charge on any atom is 0.274 e. The van der Waals surface area contributed by atoms with Gasteiger partial charge in [-0.1, -0.05) is 24.3 Å². The van der Waals surface area contributed by atoms with E-state index in [1.54, 1.807) is 9.80 Å². The Morgan fingerprint density at radius 2 is 1.82 bits per heavy atom. The summed E-state index contributed by atoms with van der Waals surface area (Å²) < 4.78 is 11.6. The first-order valence-electron chi connectivity index (χ1n) is 13.6. The number of carbonyl (C=O) groups is 3. The third kappa shape index (κ3) is 5.27. The average molecular weight is 542 g/mol. The topological polar surface area (TPSA) is 114 Å². The van der Waals surface area contributed by atoms with Gasteiger partial charge in [0, 0.05) is 50.1 Å². The molecule has 3 aliphatic rings. The van der Waals surface area contributed by atoms with E-state index in [1.807, 2.05) is 42.5 Å². The van der Waals surface area contributed by atoms with Crippen LogP contribution in [0.4, 0.5) is 0 Å². The highest BCUT2D eigenvalue weighted by atomic mass is 16.5. The number of hydrogen-bond acceptors (Lipinski definition) is 7. The first-order chi connectivity index (χ1) is 19.6. The van der Waals surface area contributed by atoms with Gasteiger partial charge in [-0.15, -0.1) is 0 Å². The smallest absolute Gasteiger partial charge is 0.274 e. The largest absolute Gasteiger partial charge is 0.492 e. The van der Waals surface area contributed by atoms with E-state index >= 15 is 0 Å². The van der Waals surface area contributed by atoms with Crippen LogP contribution >= 0.6 is 0 Å². The van der Waals surface area contributed by atoms with Gasteiger partial charge in [0.05, 0.1) is 31.9 Å². The summed E-state index contributed by atoms with van der Waals surface area (Å²) in [6.45, 7) is 3.21. The molecule has 1 aromatic heterocycles. The normalized spacial score (nSPS) is 21.1. The van der Waals surface area contributed by atoms with E-state index in [0.717, 1.165) is 16.7 Å². The molecule has 3 aromatic rings. The van der Waals surface area contributed by atoms with Crippen molar-refractivity contribution in [1.82, 2.24) is 25.1 Å².